The Bertz CT molecular complexity index is 645. The second kappa shape index (κ2) is 4.86. The molecule has 96 valence electrons. The molecule has 2 heterocycles. The Labute approximate surface area is 107 Å². The van der Waals surface area contributed by atoms with Gasteiger partial charge in [-0.1, -0.05) is 18.3 Å². The lowest BCUT2D eigenvalue weighted by molar-refractivity contribution is 0.0996. The van der Waals surface area contributed by atoms with Gasteiger partial charge in [0.05, 0.1) is 12.0 Å². The highest BCUT2D eigenvalue weighted by Crippen LogP contribution is 2.21. The summed E-state index contributed by atoms with van der Waals surface area (Å²) < 4.78 is 27.8. The maximum atomic E-state index is 11.6. The van der Waals surface area contributed by atoms with Crippen molar-refractivity contribution in [3.63, 3.8) is 0 Å². The van der Waals surface area contributed by atoms with Gasteiger partial charge in [0.1, 0.15) is 0 Å². The van der Waals surface area contributed by atoms with Crippen LogP contribution in [0.4, 0.5) is 5.13 Å². The van der Waals surface area contributed by atoms with Gasteiger partial charge in [-0.3, -0.25) is 10.1 Å². The van der Waals surface area contributed by atoms with Crippen LogP contribution in [0.3, 0.4) is 0 Å². The Morgan fingerprint density at radius 1 is 1.50 bits per heavy atom. The molecular weight excluding hydrogens is 278 g/mol. The maximum Gasteiger partial charge on any atom is 0.293 e. The van der Waals surface area contributed by atoms with Crippen LogP contribution in [0.1, 0.15) is 17.5 Å². The molecule has 0 radical (unpaired) electrons. The van der Waals surface area contributed by atoms with Gasteiger partial charge in [-0.15, -0.1) is 10.2 Å². The molecule has 0 saturated heterocycles. The van der Waals surface area contributed by atoms with E-state index in [1.54, 1.807) is 6.07 Å². The van der Waals surface area contributed by atoms with E-state index in [1.807, 2.05) is 0 Å². The molecule has 0 aromatic carbocycles. The number of nitrogens with one attached hydrogen (secondary N) is 1. The number of rotatable bonds is 4. The molecule has 1 N–H and O–H groups in total. The number of aromatic nitrogens is 2. The van der Waals surface area contributed by atoms with Crippen molar-refractivity contribution < 1.29 is 17.6 Å². The van der Waals surface area contributed by atoms with E-state index in [4.69, 9.17) is 4.42 Å². The molecule has 1 amide bonds. The van der Waals surface area contributed by atoms with Crippen molar-refractivity contribution in [1.29, 1.82) is 0 Å². The van der Waals surface area contributed by atoms with Crippen molar-refractivity contribution in [1.82, 2.24) is 10.2 Å². The number of furan rings is 1. The fraction of sp³-hybridized carbons (Fsp3) is 0.222. The lowest BCUT2D eigenvalue weighted by atomic mass is 10.4. The topological polar surface area (TPSA) is 102 Å². The van der Waals surface area contributed by atoms with E-state index in [-0.39, 0.29) is 21.0 Å². The second-order valence-corrected chi connectivity index (χ2v) is 6.64. The molecule has 0 aliphatic rings. The Morgan fingerprint density at radius 3 is 2.89 bits per heavy atom. The lowest BCUT2D eigenvalue weighted by Crippen LogP contribution is -2.10. The van der Waals surface area contributed by atoms with Crippen molar-refractivity contribution in [3.8, 4) is 0 Å². The normalized spacial score (nSPS) is 11.4. The maximum absolute atomic E-state index is 11.6. The quantitative estimate of drug-likeness (QED) is 0.847. The van der Waals surface area contributed by atoms with Crippen molar-refractivity contribution >= 4 is 32.2 Å². The highest BCUT2D eigenvalue weighted by Gasteiger charge is 2.19. The fourth-order valence-electron chi connectivity index (χ4n) is 1.08. The summed E-state index contributed by atoms with van der Waals surface area (Å²) in [4.78, 5) is 11.6. The number of carbonyl (C=O) groups excluding carboxylic acids is 1. The van der Waals surface area contributed by atoms with E-state index in [0.29, 0.717) is 0 Å². The van der Waals surface area contributed by atoms with Crippen LogP contribution in [0.2, 0.25) is 0 Å². The van der Waals surface area contributed by atoms with Crippen LogP contribution in [0.15, 0.2) is 27.2 Å². The standard InChI is InChI=1S/C9H9N3O4S2/c1-2-18(14,15)9-12-11-8(17-9)10-7(13)6-4-3-5-16-6/h3-5H,2H2,1H3,(H,10,11,13). The first kappa shape index (κ1) is 12.7. The minimum atomic E-state index is -3.40. The van der Waals surface area contributed by atoms with Gasteiger partial charge < -0.3 is 4.42 Å². The fourth-order valence-corrected chi connectivity index (χ4v) is 3.06. The SMILES string of the molecule is CCS(=O)(=O)c1nnc(NC(=O)c2ccco2)s1. The molecule has 0 unspecified atom stereocenters. The highest BCUT2D eigenvalue weighted by molar-refractivity contribution is 7.93. The molecule has 9 heteroatoms. The number of sulfone groups is 1. The zero-order valence-corrected chi connectivity index (χ0v) is 10.9. The zero-order chi connectivity index (χ0) is 13.2. The van der Waals surface area contributed by atoms with Crippen LogP contribution in [0.25, 0.3) is 0 Å². The van der Waals surface area contributed by atoms with Crippen LogP contribution in [0, 0.1) is 0 Å². The van der Waals surface area contributed by atoms with Gasteiger partial charge >= 0.3 is 0 Å². The van der Waals surface area contributed by atoms with E-state index < -0.39 is 15.7 Å². The minimum absolute atomic E-state index is 0.0617. The summed E-state index contributed by atoms with van der Waals surface area (Å²) in [7, 11) is -3.40. The van der Waals surface area contributed by atoms with E-state index in [2.05, 4.69) is 15.5 Å². The highest BCUT2D eigenvalue weighted by atomic mass is 32.2. The third-order valence-electron chi connectivity index (χ3n) is 2.02. The Kier molecular flexibility index (Phi) is 3.43. The number of anilines is 1. The van der Waals surface area contributed by atoms with E-state index in [9.17, 15) is 13.2 Å². The second-order valence-electron chi connectivity index (χ2n) is 3.21. The van der Waals surface area contributed by atoms with Crippen LogP contribution < -0.4 is 5.32 Å². The molecular formula is C9H9N3O4S2. The first-order valence-corrected chi connectivity index (χ1v) is 7.41. The lowest BCUT2D eigenvalue weighted by Gasteiger charge is -1.95. The van der Waals surface area contributed by atoms with E-state index in [0.717, 1.165) is 11.3 Å². The Morgan fingerprint density at radius 2 is 2.28 bits per heavy atom. The van der Waals surface area contributed by atoms with Crippen molar-refractivity contribution in [3.05, 3.63) is 24.2 Å². The number of carbonyl (C=O) groups is 1. The van der Waals surface area contributed by atoms with Crippen LogP contribution in [-0.2, 0) is 9.84 Å². The van der Waals surface area contributed by atoms with Crippen molar-refractivity contribution in [2.75, 3.05) is 11.1 Å². The third-order valence-corrected chi connectivity index (χ3v) is 5.04. The van der Waals surface area contributed by atoms with Crippen LogP contribution in [0.5, 0.6) is 0 Å². The zero-order valence-electron chi connectivity index (χ0n) is 9.28. The van der Waals surface area contributed by atoms with Gasteiger partial charge in [-0.2, -0.15) is 0 Å². The summed E-state index contributed by atoms with van der Waals surface area (Å²) in [6.45, 7) is 1.51. The molecule has 2 rings (SSSR count). The molecule has 0 spiro atoms. The largest absolute Gasteiger partial charge is 0.459 e. The molecule has 0 fully saturated rings. The Balaban J connectivity index is 2.15. The van der Waals surface area contributed by atoms with Gasteiger partial charge in [-0.25, -0.2) is 8.42 Å². The number of amides is 1. The van der Waals surface area contributed by atoms with Crippen LogP contribution >= 0.6 is 11.3 Å². The summed E-state index contributed by atoms with van der Waals surface area (Å²) in [5.41, 5.74) is 0. The number of hydrogen-bond donors (Lipinski definition) is 1. The number of hydrogen-bond acceptors (Lipinski definition) is 7. The smallest absolute Gasteiger partial charge is 0.293 e. The molecule has 7 nitrogen and oxygen atoms in total. The first-order valence-electron chi connectivity index (χ1n) is 4.94. The summed E-state index contributed by atoms with van der Waals surface area (Å²) in [5.74, 6) is -0.449. The van der Waals surface area contributed by atoms with Gasteiger partial charge in [0.25, 0.3) is 5.91 Å². The van der Waals surface area contributed by atoms with Crippen molar-refractivity contribution in [2.45, 2.75) is 11.3 Å². The first-order chi connectivity index (χ1) is 8.53. The average Bonchev–Trinajstić information content (AvgIpc) is 2.99. The molecule has 0 saturated carbocycles. The molecule has 2 aromatic heterocycles. The average molecular weight is 287 g/mol. The van der Waals surface area contributed by atoms with Gasteiger partial charge in [-0.05, 0) is 12.1 Å². The van der Waals surface area contributed by atoms with Gasteiger partial charge in [0.2, 0.25) is 19.3 Å². The summed E-state index contributed by atoms with van der Waals surface area (Å²) in [6, 6.07) is 3.06. The van der Waals surface area contributed by atoms with Gasteiger partial charge in [0.15, 0.2) is 5.76 Å². The summed E-state index contributed by atoms with van der Waals surface area (Å²) in [6.07, 6.45) is 1.36. The predicted molar refractivity (Wildman–Crippen MR) is 64.3 cm³/mol. The molecule has 0 aliphatic heterocycles. The minimum Gasteiger partial charge on any atom is -0.459 e. The Hall–Kier alpha value is -1.74. The molecule has 0 atom stereocenters. The van der Waals surface area contributed by atoms with E-state index in [1.165, 1.54) is 19.3 Å². The molecule has 2 aromatic rings. The predicted octanol–water partition coefficient (Wildman–Crippen LogP) is 1.18. The molecule has 0 aliphatic carbocycles. The van der Waals surface area contributed by atoms with Crippen molar-refractivity contribution in [2.24, 2.45) is 0 Å². The third kappa shape index (κ3) is 2.57. The molecule has 18 heavy (non-hydrogen) atoms. The summed E-state index contributed by atoms with van der Waals surface area (Å²) >= 11 is 0.806. The van der Waals surface area contributed by atoms with E-state index >= 15 is 0 Å². The van der Waals surface area contributed by atoms with Crippen LogP contribution in [-0.4, -0.2) is 30.3 Å². The molecule has 0 bridgehead atoms. The monoisotopic (exact) mass is 287 g/mol. The number of nitrogens with zero attached hydrogens (tertiary/aromatic N) is 2. The summed E-state index contributed by atoms with van der Waals surface area (Å²) in [5, 5.41) is 9.65. The van der Waals surface area contributed by atoms with Gasteiger partial charge in [0, 0.05) is 0 Å².